The van der Waals surface area contributed by atoms with Crippen LogP contribution in [0.1, 0.15) is 10.4 Å². The van der Waals surface area contributed by atoms with E-state index in [0.29, 0.717) is 34.1 Å². The largest absolute Gasteiger partial charge is 0.493 e. The number of anilines is 3. The number of hydrogen-bond acceptors (Lipinski definition) is 5. The summed E-state index contributed by atoms with van der Waals surface area (Å²) in [5.41, 5.74) is 2.11. The number of rotatable bonds is 7. The quantitative estimate of drug-likeness (QED) is 0.518. The van der Waals surface area contributed by atoms with E-state index in [2.05, 4.69) is 16.0 Å². The van der Waals surface area contributed by atoms with Gasteiger partial charge in [0.05, 0.1) is 26.9 Å². The minimum absolute atomic E-state index is 0.273. The predicted molar refractivity (Wildman–Crippen MR) is 120 cm³/mol. The molecule has 8 nitrogen and oxygen atoms in total. The van der Waals surface area contributed by atoms with Gasteiger partial charge in [0.25, 0.3) is 5.91 Å². The van der Waals surface area contributed by atoms with Crippen molar-refractivity contribution in [2.45, 2.75) is 0 Å². The normalized spacial score (nSPS) is 10.0. The molecule has 3 aromatic carbocycles. The third-order valence-electron chi connectivity index (χ3n) is 4.38. The van der Waals surface area contributed by atoms with E-state index in [0.717, 1.165) is 0 Å². The molecule has 3 rings (SSSR count). The minimum atomic E-state index is -0.375. The lowest BCUT2D eigenvalue weighted by molar-refractivity contribution is 0.102. The first-order valence-electron chi connectivity index (χ1n) is 9.39. The molecule has 3 amide bonds. The number of benzene rings is 3. The van der Waals surface area contributed by atoms with Gasteiger partial charge in [0, 0.05) is 17.1 Å². The molecule has 0 saturated heterocycles. The Balaban J connectivity index is 1.67. The smallest absolute Gasteiger partial charge is 0.323 e. The summed E-state index contributed by atoms with van der Waals surface area (Å²) in [5, 5.41) is 8.27. The molecule has 3 N–H and O–H groups in total. The molecule has 0 radical (unpaired) electrons. The number of hydrogen-bond donors (Lipinski definition) is 3. The van der Waals surface area contributed by atoms with Crippen LogP contribution in [-0.2, 0) is 0 Å². The second kappa shape index (κ2) is 10.0. The summed E-state index contributed by atoms with van der Waals surface area (Å²) < 4.78 is 15.9. The van der Waals surface area contributed by atoms with E-state index in [9.17, 15) is 9.59 Å². The van der Waals surface area contributed by atoms with E-state index in [1.54, 1.807) is 48.5 Å². The number of para-hydroxylation sites is 1. The van der Waals surface area contributed by atoms with E-state index in [4.69, 9.17) is 14.2 Å². The van der Waals surface area contributed by atoms with Gasteiger partial charge in [-0.15, -0.1) is 0 Å². The van der Waals surface area contributed by atoms with E-state index in [1.807, 2.05) is 18.2 Å². The fourth-order valence-corrected chi connectivity index (χ4v) is 2.93. The molecule has 0 aliphatic carbocycles. The third-order valence-corrected chi connectivity index (χ3v) is 4.38. The number of ether oxygens (including phenoxy) is 3. The Labute approximate surface area is 180 Å². The summed E-state index contributed by atoms with van der Waals surface area (Å²) >= 11 is 0. The highest BCUT2D eigenvalue weighted by atomic mass is 16.5. The molecule has 31 heavy (non-hydrogen) atoms. The van der Waals surface area contributed by atoms with Crippen molar-refractivity contribution in [2.75, 3.05) is 37.3 Å². The highest BCUT2D eigenvalue weighted by Crippen LogP contribution is 2.39. The molecular formula is C23H23N3O5. The van der Waals surface area contributed by atoms with Gasteiger partial charge in [0.2, 0.25) is 5.75 Å². The van der Waals surface area contributed by atoms with Crippen LogP contribution in [0.5, 0.6) is 17.2 Å². The average molecular weight is 421 g/mol. The molecule has 0 aliphatic rings. The summed E-state index contributed by atoms with van der Waals surface area (Å²) in [6, 6.07) is 18.7. The molecule has 0 saturated carbocycles. The number of amides is 3. The van der Waals surface area contributed by atoms with E-state index >= 15 is 0 Å². The van der Waals surface area contributed by atoms with Gasteiger partial charge < -0.3 is 30.2 Å². The number of urea groups is 1. The SMILES string of the molecule is COc1ccc(C(=O)Nc2ccc(NC(=O)Nc3ccccc3)cc2)c(OC)c1OC. The van der Waals surface area contributed by atoms with Crippen LogP contribution < -0.4 is 30.2 Å². The maximum Gasteiger partial charge on any atom is 0.323 e. The van der Waals surface area contributed by atoms with Crippen molar-refractivity contribution >= 4 is 29.0 Å². The monoisotopic (exact) mass is 421 g/mol. The Morgan fingerprint density at radius 3 is 1.71 bits per heavy atom. The lowest BCUT2D eigenvalue weighted by Crippen LogP contribution is -2.19. The van der Waals surface area contributed by atoms with Gasteiger partial charge in [0.1, 0.15) is 0 Å². The van der Waals surface area contributed by atoms with Crippen molar-refractivity contribution in [1.82, 2.24) is 0 Å². The van der Waals surface area contributed by atoms with Crippen LogP contribution in [0.3, 0.4) is 0 Å². The summed E-state index contributed by atoms with van der Waals surface area (Å²) in [7, 11) is 4.43. The zero-order chi connectivity index (χ0) is 22.2. The van der Waals surface area contributed by atoms with Crippen LogP contribution in [0.4, 0.5) is 21.9 Å². The van der Waals surface area contributed by atoms with Gasteiger partial charge in [-0.05, 0) is 48.5 Å². The zero-order valence-electron chi connectivity index (χ0n) is 17.4. The van der Waals surface area contributed by atoms with Gasteiger partial charge in [-0.25, -0.2) is 4.79 Å². The van der Waals surface area contributed by atoms with Gasteiger partial charge in [-0.2, -0.15) is 0 Å². The lowest BCUT2D eigenvalue weighted by Gasteiger charge is -2.15. The van der Waals surface area contributed by atoms with Gasteiger partial charge >= 0.3 is 6.03 Å². The number of nitrogens with one attached hydrogen (secondary N) is 3. The molecule has 0 unspecified atom stereocenters. The summed E-state index contributed by atoms with van der Waals surface area (Å²) in [5.74, 6) is 0.692. The molecular weight excluding hydrogens is 398 g/mol. The van der Waals surface area contributed by atoms with Crippen LogP contribution in [0.25, 0.3) is 0 Å². The molecule has 8 heteroatoms. The first-order chi connectivity index (χ1) is 15.0. The van der Waals surface area contributed by atoms with Crippen LogP contribution in [-0.4, -0.2) is 33.3 Å². The second-order valence-electron chi connectivity index (χ2n) is 6.36. The predicted octanol–water partition coefficient (Wildman–Crippen LogP) is 4.61. The molecule has 0 fully saturated rings. The first-order valence-corrected chi connectivity index (χ1v) is 9.39. The van der Waals surface area contributed by atoms with Crippen LogP contribution in [0.2, 0.25) is 0 Å². The maximum atomic E-state index is 12.8. The van der Waals surface area contributed by atoms with Crippen molar-refractivity contribution in [2.24, 2.45) is 0 Å². The fourth-order valence-electron chi connectivity index (χ4n) is 2.93. The Morgan fingerprint density at radius 2 is 1.16 bits per heavy atom. The summed E-state index contributed by atoms with van der Waals surface area (Å²) in [6.07, 6.45) is 0. The molecule has 160 valence electrons. The second-order valence-corrected chi connectivity index (χ2v) is 6.36. The molecule has 0 spiro atoms. The lowest BCUT2D eigenvalue weighted by atomic mass is 10.1. The van der Waals surface area contributed by atoms with Crippen LogP contribution in [0.15, 0.2) is 66.7 Å². The Bertz CT molecular complexity index is 1050. The number of carbonyl (C=O) groups excluding carboxylic acids is 2. The van der Waals surface area contributed by atoms with Crippen LogP contribution in [0, 0.1) is 0 Å². The molecule has 0 atom stereocenters. The average Bonchev–Trinajstić information content (AvgIpc) is 2.79. The maximum absolute atomic E-state index is 12.8. The molecule has 3 aromatic rings. The van der Waals surface area contributed by atoms with Gasteiger partial charge in [-0.3, -0.25) is 4.79 Å². The molecule has 0 aromatic heterocycles. The topological polar surface area (TPSA) is 97.9 Å². The highest BCUT2D eigenvalue weighted by Gasteiger charge is 2.20. The fraction of sp³-hybridized carbons (Fsp3) is 0.130. The number of carbonyl (C=O) groups is 2. The van der Waals surface area contributed by atoms with Crippen molar-refractivity contribution in [3.8, 4) is 17.2 Å². The molecule has 0 bridgehead atoms. The Morgan fingerprint density at radius 1 is 0.613 bits per heavy atom. The minimum Gasteiger partial charge on any atom is -0.493 e. The Hall–Kier alpha value is -4.20. The Kier molecular flexibility index (Phi) is 6.95. The van der Waals surface area contributed by atoms with Crippen molar-refractivity contribution in [1.29, 1.82) is 0 Å². The van der Waals surface area contributed by atoms with Crippen molar-refractivity contribution < 1.29 is 23.8 Å². The molecule has 0 heterocycles. The van der Waals surface area contributed by atoms with E-state index in [-0.39, 0.29) is 17.7 Å². The summed E-state index contributed by atoms with van der Waals surface area (Å²) in [6.45, 7) is 0. The van der Waals surface area contributed by atoms with Crippen LogP contribution >= 0.6 is 0 Å². The first kappa shape index (κ1) is 21.5. The third kappa shape index (κ3) is 5.24. The molecule has 0 aliphatic heterocycles. The highest BCUT2D eigenvalue weighted by molar-refractivity contribution is 6.07. The zero-order valence-corrected chi connectivity index (χ0v) is 17.4. The van der Waals surface area contributed by atoms with Gasteiger partial charge in [-0.1, -0.05) is 18.2 Å². The van der Waals surface area contributed by atoms with E-state index < -0.39 is 0 Å². The van der Waals surface area contributed by atoms with Crippen molar-refractivity contribution in [3.05, 3.63) is 72.3 Å². The number of methoxy groups -OCH3 is 3. The van der Waals surface area contributed by atoms with Gasteiger partial charge in [0.15, 0.2) is 11.5 Å². The van der Waals surface area contributed by atoms with E-state index in [1.165, 1.54) is 21.3 Å². The van der Waals surface area contributed by atoms with Crippen molar-refractivity contribution in [3.63, 3.8) is 0 Å². The standard InChI is InChI=1S/C23H23N3O5/c1-29-19-14-13-18(20(30-2)21(19)31-3)22(27)24-16-9-11-17(12-10-16)26-23(28)25-15-7-5-4-6-8-15/h4-14H,1-3H3,(H,24,27)(H2,25,26,28). The summed E-state index contributed by atoms with van der Waals surface area (Å²) in [4.78, 5) is 24.8.